The van der Waals surface area contributed by atoms with Crippen molar-refractivity contribution < 1.29 is 67.3 Å². The number of aliphatic hydroxyl groups is 2. The quantitative estimate of drug-likeness (QED) is 0.0819. The zero-order valence-electron chi connectivity index (χ0n) is 36.9. The van der Waals surface area contributed by atoms with Gasteiger partial charge in [-0.2, -0.15) is 0 Å². The molecule has 2 aliphatic carbocycles. The van der Waals surface area contributed by atoms with Crippen LogP contribution in [0.4, 0.5) is 4.79 Å². The number of Topliss-reactive ketones (excluding diaryl/α,β-unsaturated/α-hetero) is 1. The molecule has 0 spiro atoms. The lowest BCUT2D eigenvalue weighted by Crippen LogP contribution is -2.73. The molecule has 0 aromatic heterocycles. The molecule has 3 N–H and O–H groups in total. The van der Waals surface area contributed by atoms with Crippen LogP contribution in [-0.4, -0.2) is 120 Å². The number of esters is 3. The zero-order valence-corrected chi connectivity index (χ0v) is 37.7. The Kier molecular flexibility index (Phi) is 15.7. The molecule has 0 unspecified atom stereocenters. The molecule has 1 aliphatic heterocycles. The minimum Gasteiger partial charge on any atom is -0.493 e. The molecule has 3 aliphatic rings. The van der Waals surface area contributed by atoms with Gasteiger partial charge in [0, 0.05) is 30.8 Å². The van der Waals surface area contributed by atoms with E-state index in [-0.39, 0.29) is 60.0 Å². The standard InChI is InChI=1S/C44H63NO14S/c1-24(2)20-29(45-40(51)59-41(6,7)8)34(47)39(50)56-30-21-44(52)37(57-38(49)28-16-14-13-15-17-28)33(26(4)36(53-11)35(48)32(25(30)3)42(44,9)10)43(58-27(5)46)22-55-31(43)18-19-54-23-60-12/h13-17,24,29-31,33-34,37,47,52H,18-23H2,1-12H3,(H,45,51)/b36-26+/t29-,30-,31+,33+,34+,37-,43-,44+/m0/s1. The summed E-state index contributed by atoms with van der Waals surface area (Å²) in [5.74, 6) is -4.43. The fourth-order valence-corrected chi connectivity index (χ4v) is 9.00. The number of carbonyl (C=O) groups excluding carboxylic acids is 5. The summed E-state index contributed by atoms with van der Waals surface area (Å²) in [6.07, 6.45) is -4.75. The van der Waals surface area contributed by atoms with Gasteiger partial charge in [-0.15, -0.1) is 11.8 Å². The van der Waals surface area contributed by atoms with E-state index in [0.717, 1.165) is 0 Å². The minimum absolute atomic E-state index is 0.0259. The summed E-state index contributed by atoms with van der Waals surface area (Å²) < 4.78 is 41.8. The van der Waals surface area contributed by atoms with E-state index >= 15 is 0 Å². The molecule has 0 saturated carbocycles. The lowest BCUT2D eigenvalue weighted by atomic mass is 9.53. The third-order valence-electron chi connectivity index (χ3n) is 11.5. The van der Waals surface area contributed by atoms with Gasteiger partial charge in [0.1, 0.15) is 29.5 Å². The van der Waals surface area contributed by atoms with E-state index in [9.17, 15) is 34.2 Å². The summed E-state index contributed by atoms with van der Waals surface area (Å²) in [6, 6.07) is 6.98. The van der Waals surface area contributed by atoms with Crippen LogP contribution in [0.5, 0.6) is 0 Å². The molecule has 16 heteroatoms. The van der Waals surface area contributed by atoms with E-state index in [0.29, 0.717) is 5.94 Å². The highest BCUT2D eigenvalue weighted by Gasteiger charge is 2.70. The average molecular weight is 862 g/mol. The maximum Gasteiger partial charge on any atom is 0.407 e. The maximum atomic E-state index is 15.0. The summed E-state index contributed by atoms with van der Waals surface area (Å²) >= 11 is 1.47. The van der Waals surface area contributed by atoms with Gasteiger partial charge in [-0.05, 0) is 76.5 Å². The third-order valence-corrected chi connectivity index (χ3v) is 11.9. The van der Waals surface area contributed by atoms with Crippen LogP contribution in [0.3, 0.4) is 0 Å². The Labute approximate surface area is 357 Å². The molecule has 1 amide bonds. The van der Waals surface area contributed by atoms with Crippen molar-refractivity contribution in [2.24, 2.45) is 17.3 Å². The van der Waals surface area contributed by atoms with Crippen LogP contribution in [0.15, 0.2) is 52.8 Å². The number of allylic oxidation sites excluding steroid dienone is 1. The number of ether oxygens (including phenoxy) is 7. The van der Waals surface area contributed by atoms with Crippen molar-refractivity contribution in [3.8, 4) is 0 Å². The van der Waals surface area contributed by atoms with Crippen molar-refractivity contribution in [1.29, 1.82) is 0 Å². The molecule has 8 atom stereocenters. The fourth-order valence-electron chi connectivity index (χ4n) is 8.71. The number of nitrogens with one attached hydrogen (secondary N) is 1. The van der Waals surface area contributed by atoms with Crippen molar-refractivity contribution in [3.05, 3.63) is 58.4 Å². The molecule has 60 heavy (non-hydrogen) atoms. The second kappa shape index (κ2) is 19.4. The van der Waals surface area contributed by atoms with Crippen LogP contribution in [0.1, 0.15) is 98.9 Å². The molecular weight excluding hydrogens is 799 g/mol. The van der Waals surface area contributed by atoms with Gasteiger partial charge in [-0.1, -0.05) is 45.9 Å². The average Bonchev–Trinajstić information content (AvgIpc) is 3.14. The van der Waals surface area contributed by atoms with Gasteiger partial charge < -0.3 is 48.7 Å². The second-order valence-electron chi connectivity index (χ2n) is 17.7. The second-order valence-corrected chi connectivity index (χ2v) is 18.5. The first-order valence-electron chi connectivity index (χ1n) is 20.2. The highest BCUT2D eigenvalue weighted by atomic mass is 32.2. The van der Waals surface area contributed by atoms with Crippen molar-refractivity contribution in [2.45, 2.75) is 136 Å². The van der Waals surface area contributed by atoms with Crippen molar-refractivity contribution in [2.75, 3.05) is 32.5 Å². The smallest absolute Gasteiger partial charge is 0.407 e. The van der Waals surface area contributed by atoms with Gasteiger partial charge in [-0.25, -0.2) is 14.4 Å². The molecular formula is C44H63NO14S. The third kappa shape index (κ3) is 10.2. The first kappa shape index (κ1) is 48.7. The Morgan fingerprint density at radius 2 is 1.70 bits per heavy atom. The predicted octanol–water partition coefficient (Wildman–Crippen LogP) is 5.45. The zero-order chi connectivity index (χ0) is 45.0. The van der Waals surface area contributed by atoms with Crippen molar-refractivity contribution >= 4 is 41.5 Å². The van der Waals surface area contributed by atoms with Crippen molar-refractivity contribution in [3.63, 3.8) is 0 Å². The number of carbonyl (C=O) groups is 5. The molecule has 4 rings (SSSR count). The Bertz CT molecular complexity index is 1820. The van der Waals surface area contributed by atoms with Crippen LogP contribution < -0.4 is 5.32 Å². The SMILES string of the molecule is CO/C1=C(\C)[C@@H]([C@]2(OC(C)=O)CO[C@@H]2CCOCSC)[C@H](OC(=O)c2ccccc2)[C@]2(O)C[C@H](OC(=O)[C@H](O)[C@H](CC(C)C)NC(=O)OC(C)(C)C)C(C)=C(C1=O)C2(C)C. The highest BCUT2D eigenvalue weighted by Crippen LogP contribution is 2.58. The van der Waals surface area contributed by atoms with Gasteiger partial charge in [0.25, 0.3) is 0 Å². The number of ketones is 1. The van der Waals surface area contributed by atoms with Crippen molar-refractivity contribution in [1.82, 2.24) is 5.32 Å². The molecule has 1 saturated heterocycles. The number of methoxy groups -OCH3 is 1. The Morgan fingerprint density at radius 3 is 2.23 bits per heavy atom. The molecule has 1 heterocycles. The lowest BCUT2D eigenvalue weighted by Gasteiger charge is -2.60. The van der Waals surface area contributed by atoms with E-state index in [1.165, 1.54) is 25.8 Å². The number of amides is 1. The first-order chi connectivity index (χ1) is 27.9. The number of hydrogen-bond acceptors (Lipinski definition) is 15. The molecule has 334 valence electrons. The molecule has 15 nitrogen and oxygen atoms in total. The minimum atomic E-state index is -2.25. The van der Waals surface area contributed by atoms with Gasteiger partial charge in [0.05, 0.1) is 43.8 Å². The fraction of sp³-hybridized carbons (Fsp3) is 0.659. The maximum absolute atomic E-state index is 15.0. The monoisotopic (exact) mass is 861 g/mol. The summed E-state index contributed by atoms with van der Waals surface area (Å²) in [4.78, 5) is 69.1. The van der Waals surface area contributed by atoms with Gasteiger partial charge in [0.2, 0.25) is 5.78 Å². The van der Waals surface area contributed by atoms with Crippen LogP contribution >= 0.6 is 11.8 Å². The van der Waals surface area contributed by atoms with Gasteiger partial charge in [-0.3, -0.25) is 9.59 Å². The van der Waals surface area contributed by atoms with E-state index in [1.807, 2.05) is 20.1 Å². The normalized spacial score (nSPS) is 28.7. The number of benzene rings is 1. The number of rotatable bonds is 16. The van der Waals surface area contributed by atoms with Crippen LogP contribution in [-0.2, 0) is 47.5 Å². The largest absolute Gasteiger partial charge is 0.493 e. The van der Waals surface area contributed by atoms with E-state index in [4.69, 9.17) is 33.2 Å². The number of aliphatic hydroxyl groups excluding tert-OH is 1. The summed E-state index contributed by atoms with van der Waals surface area (Å²) in [7, 11) is 1.31. The van der Waals surface area contributed by atoms with E-state index in [2.05, 4.69) is 5.32 Å². The lowest BCUT2D eigenvalue weighted by molar-refractivity contribution is -0.295. The van der Waals surface area contributed by atoms with Gasteiger partial charge >= 0.3 is 24.0 Å². The topological polar surface area (TPSA) is 202 Å². The molecule has 0 radical (unpaired) electrons. The number of thioether (sulfide) groups is 1. The molecule has 1 aromatic rings. The molecule has 1 fully saturated rings. The number of alkyl carbamates (subject to hydrolysis) is 1. The summed E-state index contributed by atoms with van der Waals surface area (Å²) in [6.45, 7) is 16.4. The van der Waals surface area contributed by atoms with Crippen LogP contribution in [0.25, 0.3) is 0 Å². The van der Waals surface area contributed by atoms with Crippen LogP contribution in [0, 0.1) is 17.3 Å². The van der Waals surface area contributed by atoms with Crippen LogP contribution in [0.2, 0.25) is 0 Å². The molecule has 2 bridgehead atoms. The Balaban J connectivity index is 1.93. The summed E-state index contributed by atoms with van der Waals surface area (Å²) in [5, 5.41) is 27.6. The predicted molar refractivity (Wildman–Crippen MR) is 222 cm³/mol. The number of hydrogen-bond donors (Lipinski definition) is 3. The van der Waals surface area contributed by atoms with E-state index < -0.39 is 94.8 Å². The van der Waals surface area contributed by atoms with Gasteiger partial charge in [0.15, 0.2) is 17.5 Å². The number of fused-ring (bicyclic) bond motifs is 2. The molecule has 1 aromatic carbocycles. The highest BCUT2D eigenvalue weighted by molar-refractivity contribution is 7.98. The Morgan fingerprint density at radius 1 is 1.05 bits per heavy atom. The Hall–Kier alpha value is -3.96. The first-order valence-corrected chi connectivity index (χ1v) is 21.6. The van der Waals surface area contributed by atoms with E-state index in [1.54, 1.807) is 78.8 Å². The summed E-state index contributed by atoms with van der Waals surface area (Å²) in [5.41, 5.74) is -5.63.